The Morgan fingerprint density at radius 1 is 1.56 bits per heavy atom. The fourth-order valence-electron chi connectivity index (χ4n) is 1.43. The monoisotopic (exact) mass is 240 g/mol. The van der Waals surface area contributed by atoms with Crippen LogP contribution >= 0.6 is 11.6 Å². The normalized spacial score (nSPS) is 10.6. The number of nitrogens with one attached hydrogen (secondary N) is 1. The second kappa shape index (κ2) is 3.97. The number of nitrogens with zero attached hydrogens (tertiary/aromatic N) is 3. The van der Waals surface area contributed by atoms with Crippen molar-refractivity contribution in [2.24, 2.45) is 0 Å². The summed E-state index contributed by atoms with van der Waals surface area (Å²) in [5.41, 5.74) is 1.02. The van der Waals surface area contributed by atoms with E-state index in [4.69, 9.17) is 16.7 Å². The van der Waals surface area contributed by atoms with Crippen molar-refractivity contribution in [2.75, 3.05) is 12.4 Å². The van der Waals surface area contributed by atoms with E-state index in [9.17, 15) is 4.79 Å². The first-order chi connectivity index (χ1) is 7.60. The van der Waals surface area contributed by atoms with Crippen LogP contribution in [-0.4, -0.2) is 32.5 Å². The molecule has 2 N–H and O–H groups in total. The predicted octanol–water partition coefficient (Wildman–Crippen LogP) is 1.05. The Labute approximate surface area is 95.9 Å². The van der Waals surface area contributed by atoms with E-state index in [-0.39, 0.29) is 6.42 Å². The van der Waals surface area contributed by atoms with Gasteiger partial charge in [-0.2, -0.15) is 0 Å². The molecule has 0 fully saturated rings. The van der Waals surface area contributed by atoms with Crippen molar-refractivity contribution >= 4 is 29.0 Å². The summed E-state index contributed by atoms with van der Waals surface area (Å²) in [5.74, 6) is -0.405. The fraction of sp³-hybridized carbons (Fsp3) is 0.222. The van der Waals surface area contributed by atoms with Gasteiger partial charge in [0.2, 0.25) is 0 Å². The van der Waals surface area contributed by atoms with Crippen LogP contribution in [0.15, 0.2) is 12.4 Å². The maximum Gasteiger partial charge on any atom is 0.309 e. The lowest BCUT2D eigenvalue weighted by Crippen LogP contribution is -2.00. The molecule has 2 aromatic heterocycles. The lowest BCUT2D eigenvalue weighted by molar-refractivity contribution is -0.136. The van der Waals surface area contributed by atoms with Gasteiger partial charge in [0.1, 0.15) is 5.15 Å². The SMILES string of the molecule is CNc1nc(Cl)cn2cc(CC(=O)O)nc12. The zero-order chi connectivity index (χ0) is 11.7. The van der Waals surface area contributed by atoms with E-state index in [1.165, 1.54) is 0 Å². The molecule has 2 heterocycles. The van der Waals surface area contributed by atoms with Gasteiger partial charge in [0.25, 0.3) is 0 Å². The van der Waals surface area contributed by atoms with Gasteiger partial charge in [-0.1, -0.05) is 11.6 Å². The van der Waals surface area contributed by atoms with E-state index < -0.39 is 5.97 Å². The highest BCUT2D eigenvalue weighted by atomic mass is 35.5. The standard InChI is InChI=1S/C9H9ClN4O2/c1-11-8-9-12-5(2-7(15)16)3-14(9)4-6(10)13-8/h3-4H,2H2,1H3,(H,11,13)(H,15,16). The van der Waals surface area contributed by atoms with E-state index in [1.54, 1.807) is 23.8 Å². The summed E-state index contributed by atoms with van der Waals surface area (Å²) < 4.78 is 1.65. The molecule has 0 aliphatic rings. The van der Waals surface area contributed by atoms with Crippen LogP contribution in [0.25, 0.3) is 5.65 Å². The van der Waals surface area contributed by atoms with Gasteiger partial charge in [0.15, 0.2) is 11.5 Å². The summed E-state index contributed by atoms with van der Waals surface area (Å²) in [6, 6.07) is 0. The molecule has 0 atom stereocenters. The smallest absolute Gasteiger partial charge is 0.309 e. The Bertz CT molecular complexity index is 552. The number of aromatic nitrogens is 3. The van der Waals surface area contributed by atoms with Crippen LogP contribution in [0.3, 0.4) is 0 Å². The Morgan fingerprint density at radius 2 is 2.31 bits per heavy atom. The number of carboxylic acids is 1. The van der Waals surface area contributed by atoms with Gasteiger partial charge in [-0.05, 0) is 0 Å². The molecule has 0 bridgehead atoms. The lowest BCUT2D eigenvalue weighted by atomic mass is 10.3. The Balaban J connectivity index is 2.55. The van der Waals surface area contributed by atoms with Crippen molar-refractivity contribution in [2.45, 2.75) is 6.42 Å². The molecule has 0 spiro atoms. The van der Waals surface area contributed by atoms with Crippen LogP contribution in [0, 0.1) is 0 Å². The molecule has 0 aromatic carbocycles. The molecule has 0 aliphatic heterocycles. The topological polar surface area (TPSA) is 79.5 Å². The second-order valence-electron chi connectivity index (χ2n) is 3.20. The average molecular weight is 241 g/mol. The zero-order valence-electron chi connectivity index (χ0n) is 8.44. The van der Waals surface area contributed by atoms with Gasteiger partial charge >= 0.3 is 5.97 Å². The third-order valence-electron chi connectivity index (χ3n) is 2.03. The van der Waals surface area contributed by atoms with Crippen LogP contribution in [-0.2, 0) is 11.2 Å². The molecule has 6 nitrogen and oxygen atoms in total. The van der Waals surface area contributed by atoms with Crippen molar-refractivity contribution in [1.29, 1.82) is 0 Å². The van der Waals surface area contributed by atoms with Gasteiger partial charge in [-0.3, -0.25) is 4.79 Å². The number of hydrogen-bond acceptors (Lipinski definition) is 4. The summed E-state index contributed by atoms with van der Waals surface area (Å²) in [6.07, 6.45) is 3.08. The highest BCUT2D eigenvalue weighted by Crippen LogP contribution is 2.17. The number of rotatable bonds is 3. The highest BCUT2D eigenvalue weighted by Gasteiger charge is 2.10. The molecule has 0 aliphatic carbocycles. The first kappa shape index (κ1) is 10.7. The van der Waals surface area contributed by atoms with Gasteiger partial charge in [-0.25, -0.2) is 9.97 Å². The van der Waals surface area contributed by atoms with E-state index >= 15 is 0 Å². The van der Waals surface area contributed by atoms with Crippen molar-refractivity contribution in [3.63, 3.8) is 0 Å². The number of halogens is 1. The van der Waals surface area contributed by atoms with E-state index in [2.05, 4.69) is 15.3 Å². The molecule has 7 heteroatoms. The third kappa shape index (κ3) is 1.92. The maximum atomic E-state index is 10.6. The second-order valence-corrected chi connectivity index (χ2v) is 3.58. The number of imidazole rings is 1. The van der Waals surface area contributed by atoms with E-state index in [0.29, 0.717) is 22.3 Å². The van der Waals surface area contributed by atoms with Crippen LogP contribution in [0.4, 0.5) is 5.82 Å². The number of anilines is 1. The lowest BCUT2D eigenvalue weighted by Gasteiger charge is -2.01. The molecule has 0 saturated carbocycles. The highest BCUT2D eigenvalue weighted by molar-refractivity contribution is 6.29. The molecule has 84 valence electrons. The Hall–Kier alpha value is -1.82. The molecule has 16 heavy (non-hydrogen) atoms. The fourth-order valence-corrected chi connectivity index (χ4v) is 1.62. The Kier molecular flexibility index (Phi) is 2.66. The van der Waals surface area contributed by atoms with Crippen LogP contribution < -0.4 is 5.32 Å². The van der Waals surface area contributed by atoms with Gasteiger partial charge in [0, 0.05) is 19.4 Å². The summed E-state index contributed by atoms with van der Waals surface area (Å²) in [7, 11) is 1.70. The van der Waals surface area contributed by atoms with Gasteiger partial charge in [0.05, 0.1) is 12.1 Å². The quantitative estimate of drug-likeness (QED) is 0.838. The van der Waals surface area contributed by atoms with Crippen LogP contribution in [0.1, 0.15) is 5.69 Å². The number of carboxylic acid groups (broad SMARTS) is 1. The third-order valence-corrected chi connectivity index (χ3v) is 2.21. The van der Waals surface area contributed by atoms with Crippen LogP contribution in [0.5, 0.6) is 0 Å². The molecular formula is C9H9ClN4O2. The van der Waals surface area contributed by atoms with E-state index in [0.717, 1.165) is 0 Å². The molecule has 2 rings (SSSR count). The number of hydrogen-bond donors (Lipinski definition) is 2. The number of fused-ring (bicyclic) bond motifs is 1. The van der Waals surface area contributed by atoms with Crippen molar-refractivity contribution < 1.29 is 9.90 Å². The minimum atomic E-state index is -0.923. The molecular weight excluding hydrogens is 232 g/mol. The maximum absolute atomic E-state index is 10.6. The van der Waals surface area contributed by atoms with Gasteiger partial charge < -0.3 is 14.8 Å². The predicted molar refractivity (Wildman–Crippen MR) is 58.9 cm³/mol. The van der Waals surface area contributed by atoms with E-state index in [1.807, 2.05) is 0 Å². The van der Waals surface area contributed by atoms with Crippen molar-refractivity contribution in [3.8, 4) is 0 Å². The van der Waals surface area contributed by atoms with Crippen molar-refractivity contribution in [1.82, 2.24) is 14.4 Å². The zero-order valence-corrected chi connectivity index (χ0v) is 9.19. The first-order valence-corrected chi connectivity index (χ1v) is 4.91. The minimum Gasteiger partial charge on any atom is -0.481 e. The largest absolute Gasteiger partial charge is 0.481 e. The first-order valence-electron chi connectivity index (χ1n) is 4.54. The summed E-state index contributed by atoms with van der Waals surface area (Å²) in [5, 5.41) is 11.8. The molecule has 0 radical (unpaired) electrons. The summed E-state index contributed by atoms with van der Waals surface area (Å²) in [4.78, 5) is 18.8. The molecule has 0 saturated heterocycles. The summed E-state index contributed by atoms with van der Waals surface area (Å²) in [6.45, 7) is 0. The van der Waals surface area contributed by atoms with Gasteiger partial charge in [-0.15, -0.1) is 0 Å². The summed E-state index contributed by atoms with van der Waals surface area (Å²) >= 11 is 5.80. The number of carbonyl (C=O) groups is 1. The molecule has 0 amide bonds. The minimum absolute atomic E-state index is 0.123. The Morgan fingerprint density at radius 3 is 2.94 bits per heavy atom. The van der Waals surface area contributed by atoms with Crippen molar-refractivity contribution in [3.05, 3.63) is 23.2 Å². The molecule has 0 unspecified atom stereocenters. The number of aliphatic carboxylic acids is 1. The average Bonchev–Trinajstić information content (AvgIpc) is 2.57. The molecule has 2 aromatic rings. The van der Waals surface area contributed by atoms with Crippen LogP contribution in [0.2, 0.25) is 5.15 Å².